The van der Waals surface area contributed by atoms with E-state index in [1.54, 1.807) is 12.1 Å². The van der Waals surface area contributed by atoms with Crippen molar-refractivity contribution in [2.24, 2.45) is 7.05 Å². The maximum absolute atomic E-state index is 6.10. The molecule has 0 atom stereocenters. The van der Waals surface area contributed by atoms with Crippen LogP contribution in [-0.2, 0) is 7.05 Å². The molecule has 0 fully saturated rings. The Kier molecular flexibility index (Phi) is 2.40. The first-order valence-corrected chi connectivity index (χ1v) is 5.01. The number of rotatable bonds is 1. The van der Waals surface area contributed by atoms with Gasteiger partial charge in [0.15, 0.2) is 0 Å². The highest BCUT2D eigenvalue weighted by atomic mass is 35.5. The average molecular weight is 222 g/mol. The molecule has 1 heterocycles. The topological polar surface area (TPSA) is 43.8 Å². The summed E-state index contributed by atoms with van der Waals surface area (Å²) in [6.45, 7) is 2.00. The first-order chi connectivity index (χ1) is 7.09. The van der Waals surface area contributed by atoms with Crippen molar-refractivity contribution in [3.63, 3.8) is 0 Å². The van der Waals surface area contributed by atoms with Crippen molar-refractivity contribution in [3.8, 4) is 11.4 Å². The average Bonchev–Trinajstić information content (AvgIpc) is 2.52. The van der Waals surface area contributed by atoms with E-state index in [1.807, 2.05) is 30.8 Å². The van der Waals surface area contributed by atoms with Crippen LogP contribution in [-0.4, -0.2) is 9.55 Å². The van der Waals surface area contributed by atoms with Crippen molar-refractivity contribution in [1.29, 1.82) is 0 Å². The highest BCUT2D eigenvalue weighted by Gasteiger charge is 2.10. The number of benzene rings is 1. The summed E-state index contributed by atoms with van der Waals surface area (Å²) in [7, 11) is 1.96. The molecule has 0 bridgehead atoms. The number of aryl methyl sites for hydroxylation is 1. The van der Waals surface area contributed by atoms with Gasteiger partial charge in [-0.3, -0.25) is 0 Å². The van der Waals surface area contributed by atoms with E-state index in [2.05, 4.69) is 4.98 Å². The van der Waals surface area contributed by atoms with Crippen LogP contribution >= 0.6 is 11.6 Å². The molecule has 3 nitrogen and oxygen atoms in total. The van der Waals surface area contributed by atoms with Crippen molar-refractivity contribution in [3.05, 3.63) is 35.1 Å². The van der Waals surface area contributed by atoms with Crippen LogP contribution in [0.2, 0.25) is 5.02 Å². The predicted octanol–water partition coefficient (Wildman–Crippen LogP) is 2.63. The Morgan fingerprint density at radius 3 is 2.73 bits per heavy atom. The number of halogens is 1. The van der Waals surface area contributed by atoms with Gasteiger partial charge in [-0.2, -0.15) is 0 Å². The fourth-order valence-corrected chi connectivity index (χ4v) is 1.66. The van der Waals surface area contributed by atoms with E-state index in [0.717, 1.165) is 17.1 Å². The summed E-state index contributed by atoms with van der Waals surface area (Å²) in [6.07, 6.45) is 1.81. The standard InChI is InChI=1S/C11H12ClN3/c1-7-6-14-11(15(7)2)9-5-8(13)3-4-10(9)12/h3-6H,13H2,1-2H3. The van der Waals surface area contributed by atoms with E-state index in [1.165, 1.54) is 0 Å². The van der Waals surface area contributed by atoms with Crippen LogP contribution < -0.4 is 5.73 Å². The number of nitrogens with zero attached hydrogens (tertiary/aromatic N) is 2. The van der Waals surface area contributed by atoms with Gasteiger partial charge < -0.3 is 10.3 Å². The van der Waals surface area contributed by atoms with E-state index >= 15 is 0 Å². The number of imidazole rings is 1. The van der Waals surface area contributed by atoms with Crippen molar-refractivity contribution < 1.29 is 0 Å². The van der Waals surface area contributed by atoms with Gasteiger partial charge in [0.2, 0.25) is 0 Å². The zero-order chi connectivity index (χ0) is 11.0. The minimum atomic E-state index is 0.665. The highest BCUT2D eigenvalue weighted by molar-refractivity contribution is 6.33. The third-order valence-electron chi connectivity index (χ3n) is 2.45. The first kappa shape index (κ1) is 10.1. The Balaban J connectivity index is 2.63. The van der Waals surface area contributed by atoms with Crippen LogP contribution in [0.25, 0.3) is 11.4 Å². The maximum atomic E-state index is 6.10. The summed E-state index contributed by atoms with van der Waals surface area (Å²) < 4.78 is 1.99. The Morgan fingerprint density at radius 2 is 2.13 bits per heavy atom. The van der Waals surface area contributed by atoms with Crippen molar-refractivity contribution in [1.82, 2.24) is 9.55 Å². The molecule has 0 unspecified atom stereocenters. The maximum Gasteiger partial charge on any atom is 0.141 e. The summed E-state index contributed by atoms with van der Waals surface area (Å²) >= 11 is 6.10. The monoisotopic (exact) mass is 221 g/mol. The van der Waals surface area contributed by atoms with Gasteiger partial charge >= 0.3 is 0 Å². The van der Waals surface area contributed by atoms with E-state index in [0.29, 0.717) is 10.7 Å². The Labute approximate surface area is 93.5 Å². The van der Waals surface area contributed by atoms with Gasteiger partial charge in [-0.05, 0) is 25.1 Å². The zero-order valence-corrected chi connectivity index (χ0v) is 9.42. The first-order valence-electron chi connectivity index (χ1n) is 4.63. The molecule has 0 saturated heterocycles. The van der Waals surface area contributed by atoms with Crippen LogP contribution in [0.5, 0.6) is 0 Å². The minimum Gasteiger partial charge on any atom is -0.399 e. The molecule has 1 aromatic heterocycles. The fourth-order valence-electron chi connectivity index (χ4n) is 1.46. The molecule has 1 aromatic carbocycles. The fraction of sp³-hybridized carbons (Fsp3) is 0.182. The SMILES string of the molecule is Cc1cnc(-c2cc(N)ccc2Cl)n1C. The molecular formula is C11H12ClN3. The van der Waals surface area contributed by atoms with Crippen molar-refractivity contribution in [2.45, 2.75) is 6.92 Å². The van der Waals surface area contributed by atoms with Gasteiger partial charge in [-0.15, -0.1) is 0 Å². The highest BCUT2D eigenvalue weighted by Crippen LogP contribution is 2.28. The Morgan fingerprint density at radius 1 is 1.40 bits per heavy atom. The number of hydrogen-bond acceptors (Lipinski definition) is 2. The normalized spacial score (nSPS) is 10.6. The van der Waals surface area contributed by atoms with Gasteiger partial charge in [0.05, 0.1) is 5.02 Å². The lowest BCUT2D eigenvalue weighted by Gasteiger charge is -2.06. The molecule has 2 aromatic rings. The molecule has 0 saturated carbocycles. The lowest BCUT2D eigenvalue weighted by molar-refractivity contribution is 0.884. The van der Waals surface area contributed by atoms with E-state index in [-0.39, 0.29) is 0 Å². The second-order valence-corrected chi connectivity index (χ2v) is 3.93. The van der Waals surface area contributed by atoms with E-state index in [4.69, 9.17) is 17.3 Å². The van der Waals surface area contributed by atoms with Crippen molar-refractivity contribution >= 4 is 17.3 Å². The third kappa shape index (κ3) is 1.70. The summed E-state index contributed by atoms with van der Waals surface area (Å²) in [5, 5.41) is 0.665. The second kappa shape index (κ2) is 3.59. The summed E-state index contributed by atoms with van der Waals surface area (Å²) in [6, 6.07) is 5.40. The lowest BCUT2D eigenvalue weighted by atomic mass is 10.2. The van der Waals surface area contributed by atoms with Gasteiger partial charge in [-0.1, -0.05) is 11.6 Å². The predicted molar refractivity (Wildman–Crippen MR) is 62.8 cm³/mol. The smallest absolute Gasteiger partial charge is 0.141 e. The lowest BCUT2D eigenvalue weighted by Crippen LogP contribution is -1.96. The van der Waals surface area contributed by atoms with E-state index in [9.17, 15) is 0 Å². The number of nitrogens with two attached hydrogens (primary N) is 1. The molecule has 0 aliphatic heterocycles. The van der Waals surface area contributed by atoms with Gasteiger partial charge in [0.1, 0.15) is 5.82 Å². The van der Waals surface area contributed by atoms with Gasteiger partial charge in [-0.25, -0.2) is 4.98 Å². The van der Waals surface area contributed by atoms with Crippen molar-refractivity contribution in [2.75, 3.05) is 5.73 Å². The molecule has 4 heteroatoms. The van der Waals surface area contributed by atoms with Crippen LogP contribution in [0.4, 0.5) is 5.69 Å². The molecule has 0 radical (unpaired) electrons. The number of nitrogen functional groups attached to an aromatic ring is 1. The number of anilines is 1. The molecule has 0 amide bonds. The quantitative estimate of drug-likeness (QED) is 0.753. The van der Waals surface area contributed by atoms with Crippen LogP contribution in [0.1, 0.15) is 5.69 Å². The minimum absolute atomic E-state index is 0.665. The zero-order valence-electron chi connectivity index (χ0n) is 8.66. The molecule has 0 aliphatic carbocycles. The molecule has 2 rings (SSSR count). The molecular weight excluding hydrogens is 210 g/mol. The Bertz CT molecular complexity index is 503. The number of hydrogen-bond donors (Lipinski definition) is 1. The molecule has 0 spiro atoms. The Hall–Kier alpha value is -1.48. The largest absolute Gasteiger partial charge is 0.399 e. The third-order valence-corrected chi connectivity index (χ3v) is 2.78. The van der Waals surface area contributed by atoms with Gasteiger partial charge in [0.25, 0.3) is 0 Å². The molecule has 2 N–H and O–H groups in total. The molecule has 78 valence electrons. The molecule has 15 heavy (non-hydrogen) atoms. The van der Waals surface area contributed by atoms with Crippen LogP contribution in [0, 0.1) is 6.92 Å². The summed E-state index contributed by atoms with van der Waals surface area (Å²) in [5.74, 6) is 0.838. The van der Waals surface area contributed by atoms with Gasteiger partial charge in [0, 0.05) is 30.2 Å². The second-order valence-electron chi connectivity index (χ2n) is 3.52. The van der Waals surface area contributed by atoms with Crippen LogP contribution in [0.3, 0.4) is 0 Å². The summed E-state index contributed by atoms with van der Waals surface area (Å²) in [5.41, 5.74) is 8.37. The van der Waals surface area contributed by atoms with E-state index < -0.39 is 0 Å². The van der Waals surface area contributed by atoms with Crippen LogP contribution in [0.15, 0.2) is 24.4 Å². The molecule has 0 aliphatic rings. The summed E-state index contributed by atoms with van der Waals surface area (Å²) in [4.78, 5) is 4.31. The number of aromatic nitrogens is 2.